The fraction of sp³-hybridized carbons (Fsp3) is 0.500. The van der Waals surface area contributed by atoms with Crippen molar-refractivity contribution in [2.24, 2.45) is 0 Å². The summed E-state index contributed by atoms with van der Waals surface area (Å²) in [4.78, 5) is 18.0. The van der Waals surface area contributed by atoms with Gasteiger partial charge in [0.1, 0.15) is 5.52 Å². The molecule has 0 aliphatic heterocycles. The Labute approximate surface area is 94.1 Å². The standard InChI is InChI=1S/C10H16N6/c1-6(2)16(4)9-7-8(13-5-12-7)14-10(11-3)15-9/h5-6H,1-4H3,(H2,11,12,13,14,15). The van der Waals surface area contributed by atoms with E-state index in [9.17, 15) is 0 Å². The van der Waals surface area contributed by atoms with Crippen molar-refractivity contribution in [3.05, 3.63) is 6.33 Å². The van der Waals surface area contributed by atoms with Crippen LogP contribution in [0.25, 0.3) is 11.2 Å². The molecule has 0 saturated heterocycles. The van der Waals surface area contributed by atoms with Crippen molar-refractivity contribution < 1.29 is 0 Å². The van der Waals surface area contributed by atoms with Gasteiger partial charge in [-0.1, -0.05) is 0 Å². The van der Waals surface area contributed by atoms with Gasteiger partial charge in [0.2, 0.25) is 5.95 Å². The second kappa shape index (κ2) is 3.96. The van der Waals surface area contributed by atoms with Crippen LogP contribution in [-0.2, 0) is 0 Å². The molecule has 2 aromatic heterocycles. The van der Waals surface area contributed by atoms with Crippen LogP contribution in [0.15, 0.2) is 6.33 Å². The average Bonchev–Trinajstić information content (AvgIpc) is 2.74. The molecule has 0 amide bonds. The number of H-pyrrole nitrogens is 1. The second-order valence-electron chi connectivity index (χ2n) is 3.93. The van der Waals surface area contributed by atoms with Crippen molar-refractivity contribution in [1.82, 2.24) is 19.9 Å². The molecule has 2 heterocycles. The minimum absolute atomic E-state index is 0.367. The van der Waals surface area contributed by atoms with Crippen molar-refractivity contribution >= 4 is 22.9 Å². The summed E-state index contributed by atoms with van der Waals surface area (Å²) >= 11 is 0. The molecule has 6 nitrogen and oxygen atoms in total. The van der Waals surface area contributed by atoms with Gasteiger partial charge in [-0.15, -0.1) is 0 Å². The molecule has 0 bridgehead atoms. The van der Waals surface area contributed by atoms with Crippen LogP contribution in [0.4, 0.5) is 11.8 Å². The van der Waals surface area contributed by atoms with Gasteiger partial charge in [-0.25, -0.2) is 4.98 Å². The second-order valence-corrected chi connectivity index (χ2v) is 3.93. The summed E-state index contributed by atoms with van der Waals surface area (Å²) in [6, 6.07) is 0.367. The maximum absolute atomic E-state index is 4.45. The third kappa shape index (κ3) is 1.66. The molecule has 6 heteroatoms. The Morgan fingerprint density at radius 2 is 2.12 bits per heavy atom. The predicted octanol–water partition coefficient (Wildman–Crippen LogP) is 1.24. The van der Waals surface area contributed by atoms with E-state index in [0.29, 0.717) is 17.6 Å². The third-order valence-electron chi connectivity index (χ3n) is 2.60. The number of imidazole rings is 1. The molecule has 0 fully saturated rings. The summed E-state index contributed by atoms with van der Waals surface area (Å²) in [7, 11) is 3.81. The number of rotatable bonds is 3. The van der Waals surface area contributed by atoms with Gasteiger partial charge < -0.3 is 15.2 Å². The molecule has 0 spiro atoms. The lowest BCUT2D eigenvalue weighted by Gasteiger charge is -2.23. The van der Waals surface area contributed by atoms with Gasteiger partial charge in [0.25, 0.3) is 0 Å². The maximum atomic E-state index is 4.45. The summed E-state index contributed by atoms with van der Waals surface area (Å²) in [5, 5.41) is 2.94. The van der Waals surface area contributed by atoms with Crippen LogP contribution in [0.1, 0.15) is 13.8 Å². The molecule has 0 radical (unpaired) electrons. The van der Waals surface area contributed by atoms with Gasteiger partial charge in [-0.05, 0) is 13.8 Å². The summed E-state index contributed by atoms with van der Waals surface area (Å²) < 4.78 is 0. The van der Waals surface area contributed by atoms with Gasteiger partial charge in [-0.3, -0.25) is 0 Å². The molecule has 2 rings (SSSR count). The first-order valence-corrected chi connectivity index (χ1v) is 5.25. The normalized spacial score (nSPS) is 11.1. The molecule has 0 atom stereocenters. The van der Waals surface area contributed by atoms with Crippen LogP contribution in [0.2, 0.25) is 0 Å². The number of nitrogens with one attached hydrogen (secondary N) is 2. The summed E-state index contributed by atoms with van der Waals surface area (Å²) in [6.45, 7) is 4.23. The minimum Gasteiger partial charge on any atom is -0.357 e. The molecular weight excluding hydrogens is 204 g/mol. The fourth-order valence-electron chi connectivity index (χ4n) is 1.43. The Bertz CT molecular complexity index is 489. The van der Waals surface area contributed by atoms with Crippen molar-refractivity contribution in [2.75, 3.05) is 24.3 Å². The first-order valence-electron chi connectivity index (χ1n) is 5.25. The maximum Gasteiger partial charge on any atom is 0.226 e. The quantitative estimate of drug-likeness (QED) is 0.814. The molecule has 0 unspecified atom stereocenters. The molecule has 16 heavy (non-hydrogen) atoms. The first kappa shape index (κ1) is 10.7. The lowest BCUT2D eigenvalue weighted by molar-refractivity contribution is 0.745. The monoisotopic (exact) mass is 220 g/mol. The lowest BCUT2D eigenvalue weighted by atomic mass is 10.3. The van der Waals surface area contributed by atoms with Gasteiger partial charge in [0.05, 0.1) is 6.33 Å². The Hall–Kier alpha value is -1.85. The molecule has 86 valence electrons. The van der Waals surface area contributed by atoms with Crippen molar-refractivity contribution in [2.45, 2.75) is 19.9 Å². The highest BCUT2D eigenvalue weighted by Gasteiger charge is 2.14. The molecule has 0 aliphatic carbocycles. The van der Waals surface area contributed by atoms with Crippen molar-refractivity contribution in [1.29, 1.82) is 0 Å². The van der Waals surface area contributed by atoms with Gasteiger partial charge in [0.15, 0.2) is 11.5 Å². The van der Waals surface area contributed by atoms with Crippen molar-refractivity contribution in [3.8, 4) is 0 Å². The van der Waals surface area contributed by atoms with E-state index in [-0.39, 0.29) is 0 Å². The van der Waals surface area contributed by atoms with Crippen LogP contribution in [-0.4, -0.2) is 40.1 Å². The fourth-order valence-corrected chi connectivity index (χ4v) is 1.43. The molecule has 0 aromatic carbocycles. The van der Waals surface area contributed by atoms with Gasteiger partial charge >= 0.3 is 0 Å². The van der Waals surface area contributed by atoms with Crippen molar-refractivity contribution in [3.63, 3.8) is 0 Å². The number of aromatic amines is 1. The molecule has 0 aliphatic rings. The Morgan fingerprint density at radius 3 is 2.75 bits per heavy atom. The zero-order valence-corrected chi connectivity index (χ0v) is 9.94. The molecule has 2 aromatic rings. The average molecular weight is 220 g/mol. The molecule has 2 N–H and O–H groups in total. The number of anilines is 2. The number of fused-ring (bicyclic) bond motifs is 1. The predicted molar refractivity (Wildman–Crippen MR) is 64.8 cm³/mol. The smallest absolute Gasteiger partial charge is 0.226 e. The number of hydrogen-bond acceptors (Lipinski definition) is 5. The van der Waals surface area contributed by atoms with Crippen LogP contribution >= 0.6 is 0 Å². The zero-order chi connectivity index (χ0) is 11.7. The number of hydrogen-bond donors (Lipinski definition) is 2. The highest BCUT2D eigenvalue weighted by molar-refractivity contribution is 5.84. The van der Waals surface area contributed by atoms with Crippen LogP contribution in [0.5, 0.6) is 0 Å². The van der Waals surface area contributed by atoms with E-state index in [1.54, 1.807) is 13.4 Å². The summed E-state index contributed by atoms with van der Waals surface area (Å²) in [6.07, 6.45) is 1.64. The lowest BCUT2D eigenvalue weighted by Crippen LogP contribution is -2.27. The van der Waals surface area contributed by atoms with E-state index in [2.05, 4.69) is 44.0 Å². The van der Waals surface area contributed by atoms with Gasteiger partial charge in [-0.2, -0.15) is 9.97 Å². The van der Waals surface area contributed by atoms with Crippen LogP contribution in [0, 0.1) is 0 Å². The Kier molecular flexibility index (Phi) is 2.64. The highest BCUT2D eigenvalue weighted by atomic mass is 15.2. The topological polar surface area (TPSA) is 69.7 Å². The minimum atomic E-state index is 0.367. The third-order valence-corrected chi connectivity index (χ3v) is 2.60. The van der Waals surface area contributed by atoms with E-state index in [4.69, 9.17) is 0 Å². The van der Waals surface area contributed by atoms with E-state index < -0.39 is 0 Å². The number of nitrogens with zero attached hydrogens (tertiary/aromatic N) is 4. The van der Waals surface area contributed by atoms with E-state index >= 15 is 0 Å². The van der Waals surface area contributed by atoms with E-state index in [0.717, 1.165) is 11.3 Å². The Balaban J connectivity index is 2.60. The van der Waals surface area contributed by atoms with Crippen LogP contribution in [0.3, 0.4) is 0 Å². The summed E-state index contributed by atoms with van der Waals surface area (Å²) in [5.41, 5.74) is 1.55. The number of aromatic nitrogens is 4. The summed E-state index contributed by atoms with van der Waals surface area (Å²) in [5.74, 6) is 1.45. The molecule has 0 saturated carbocycles. The van der Waals surface area contributed by atoms with E-state index in [1.807, 2.05) is 7.05 Å². The first-order chi connectivity index (χ1) is 7.63. The van der Waals surface area contributed by atoms with Gasteiger partial charge in [0, 0.05) is 20.1 Å². The highest BCUT2D eigenvalue weighted by Crippen LogP contribution is 2.22. The largest absolute Gasteiger partial charge is 0.357 e. The van der Waals surface area contributed by atoms with E-state index in [1.165, 1.54) is 0 Å². The SMILES string of the molecule is CNc1nc(N(C)C(C)C)c2[nH]cnc2n1. The molecular formula is C10H16N6. The Morgan fingerprint density at radius 1 is 1.38 bits per heavy atom. The van der Waals surface area contributed by atoms with Crippen LogP contribution < -0.4 is 10.2 Å². The zero-order valence-electron chi connectivity index (χ0n) is 9.94.